The lowest BCUT2D eigenvalue weighted by Crippen LogP contribution is -2.34. The minimum absolute atomic E-state index is 0.0273. The van der Waals surface area contributed by atoms with E-state index in [0.717, 1.165) is 18.4 Å². The van der Waals surface area contributed by atoms with E-state index in [2.05, 4.69) is 17.4 Å². The standard InChI is InChI=1S/C17H21NO3/c19-16(13-8-9-14(10-13)17(20)21)18-15(12-6-7-12)11-4-2-1-3-5-11/h1-5,12-15H,6-10H2,(H,18,19)(H,20,21)/t13-,14+,15?/m1/s1. The van der Waals surface area contributed by atoms with E-state index in [0.29, 0.717) is 25.2 Å². The highest BCUT2D eigenvalue weighted by molar-refractivity contribution is 5.81. The monoisotopic (exact) mass is 287 g/mol. The highest BCUT2D eigenvalue weighted by Gasteiger charge is 2.38. The summed E-state index contributed by atoms with van der Waals surface area (Å²) in [4.78, 5) is 23.4. The molecule has 1 amide bonds. The number of amides is 1. The Morgan fingerprint density at radius 1 is 1.05 bits per heavy atom. The second kappa shape index (κ2) is 5.88. The number of nitrogens with one attached hydrogen (secondary N) is 1. The van der Waals surface area contributed by atoms with Crippen molar-refractivity contribution < 1.29 is 14.7 Å². The summed E-state index contributed by atoms with van der Waals surface area (Å²) in [7, 11) is 0. The zero-order chi connectivity index (χ0) is 14.8. The largest absolute Gasteiger partial charge is 0.481 e. The van der Waals surface area contributed by atoms with Gasteiger partial charge in [-0.3, -0.25) is 9.59 Å². The summed E-state index contributed by atoms with van der Waals surface area (Å²) < 4.78 is 0. The third kappa shape index (κ3) is 3.26. The summed E-state index contributed by atoms with van der Waals surface area (Å²) in [5, 5.41) is 12.2. The molecule has 2 aliphatic carbocycles. The van der Waals surface area contributed by atoms with E-state index in [1.165, 1.54) is 0 Å². The Morgan fingerprint density at radius 2 is 1.71 bits per heavy atom. The van der Waals surface area contributed by atoms with Gasteiger partial charge in [0.1, 0.15) is 0 Å². The topological polar surface area (TPSA) is 66.4 Å². The first-order valence-corrected chi connectivity index (χ1v) is 7.73. The minimum Gasteiger partial charge on any atom is -0.481 e. The summed E-state index contributed by atoms with van der Waals surface area (Å²) in [6.45, 7) is 0. The van der Waals surface area contributed by atoms with Gasteiger partial charge in [-0.05, 0) is 43.6 Å². The maximum absolute atomic E-state index is 12.4. The first kappa shape index (κ1) is 14.1. The van der Waals surface area contributed by atoms with Crippen molar-refractivity contribution in [2.75, 3.05) is 0 Å². The Labute approximate surface area is 124 Å². The van der Waals surface area contributed by atoms with Crippen LogP contribution in [0.25, 0.3) is 0 Å². The zero-order valence-electron chi connectivity index (χ0n) is 12.0. The van der Waals surface area contributed by atoms with E-state index in [-0.39, 0.29) is 23.8 Å². The van der Waals surface area contributed by atoms with Crippen molar-refractivity contribution in [3.05, 3.63) is 35.9 Å². The molecular weight excluding hydrogens is 266 g/mol. The van der Waals surface area contributed by atoms with Gasteiger partial charge in [0.2, 0.25) is 5.91 Å². The molecule has 0 aliphatic heterocycles. The van der Waals surface area contributed by atoms with Crippen LogP contribution >= 0.6 is 0 Å². The molecule has 0 heterocycles. The summed E-state index contributed by atoms with van der Waals surface area (Å²) in [5.41, 5.74) is 1.15. The fourth-order valence-electron chi connectivity index (χ4n) is 3.28. The Balaban J connectivity index is 1.64. The number of aliphatic carboxylic acids is 1. The average Bonchev–Trinajstić information content (AvgIpc) is 3.20. The second-order valence-corrected chi connectivity index (χ2v) is 6.28. The number of hydrogen-bond acceptors (Lipinski definition) is 2. The quantitative estimate of drug-likeness (QED) is 0.875. The summed E-state index contributed by atoms with van der Waals surface area (Å²) in [6, 6.07) is 10.2. The zero-order valence-corrected chi connectivity index (χ0v) is 12.0. The molecule has 0 aromatic heterocycles. The van der Waals surface area contributed by atoms with E-state index in [4.69, 9.17) is 5.11 Å². The lowest BCUT2D eigenvalue weighted by atomic mass is 9.99. The van der Waals surface area contributed by atoms with Crippen LogP contribution in [-0.2, 0) is 9.59 Å². The van der Waals surface area contributed by atoms with Crippen LogP contribution in [0.15, 0.2) is 30.3 Å². The number of rotatable bonds is 5. The van der Waals surface area contributed by atoms with Crippen molar-refractivity contribution in [3.63, 3.8) is 0 Å². The Morgan fingerprint density at radius 3 is 2.29 bits per heavy atom. The van der Waals surface area contributed by atoms with Gasteiger partial charge < -0.3 is 10.4 Å². The fourth-order valence-corrected chi connectivity index (χ4v) is 3.28. The smallest absolute Gasteiger partial charge is 0.306 e. The van der Waals surface area contributed by atoms with Gasteiger partial charge >= 0.3 is 5.97 Å². The van der Waals surface area contributed by atoms with Crippen molar-refractivity contribution in [3.8, 4) is 0 Å². The Hall–Kier alpha value is -1.84. The maximum atomic E-state index is 12.4. The molecule has 21 heavy (non-hydrogen) atoms. The number of carbonyl (C=O) groups excluding carboxylic acids is 1. The predicted octanol–water partition coefficient (Wildman–Crippen LogP) is 2.75. The molecule has 1 unspecified atom stereocenters. The normalized spacial score (nSPS) is 26.3. The SMILES string of the molecule is O=C(O)[C@H]1CC[C@@H](C(=O)NC(c2ccccc2)C2CC2)C1. The summed E-state index contributed by atoms with van der Waals surface area (Å²) >= 11 is 0. The molecule has 1 aromatic rings. The molecule has 0 spiro atoms. The van der Waals surface area contributed by atoms with Crippen LogP contribution in [0.2, 0.25) is 0 Å². The first-order valence-electron chi connectivity index (χ1n) is 7.73. The highest BCUT2D eigenvalue weighted by Crippen LogP contribution is 2.41. The van der Waals surface area contributed by atoms with Crippen LogP contribution in [0.5, 0.6) is 0 Å². The highest BCUT2D eigenvalue weighted by atomic mass is 16.4. The van der Waals surface area contributed by atoms with Gasteiger partial charge in [0.05, 0.1) is 12.0 Å². The van der Waals surface area contributed by atoms with Gasteiger partial charge in [-0.2, -0.15) is 0 Å². The fraction of sp³-hybridized carbons (Fsp3) is 0.529. The van der Waals surface area contributed by atoms with Crippen molar-refractivity contribution >= 4 is 11.9 Å². The third-order valence-corrected chi connectivity index (χ3v) is 4.70. The van der Waals surface area contributed by atoms with Crippen LogP contribution in [0.4, 0.5) is 0 Å². The number of carboxylic acids is 1. The molecule has 2 N–H and O–H groups in total. The molecule has 4 nitrogen and oxygen atoms in total. The molecule has 0 bridgehead atoms. The average molecular weight is 287 g/mol. The van der Waals surface area contributed by atoms with E-state index >= 15 is 0 Å². The van der Waals surface area contributed by atoms with Crippen LogP contribution in [-0.4, -0.2) is 17.0 Å². The Kier molecular flexibility index (Phi) is 3.95. The lowest BCUT2D eigenvalue weighted by Gasteiger charge is -2.21. The van der Waals surface area contributed by atoms with Gasteiger partial charge in [-0.1, -0.05) is 30.3 Å². The van der Waals surface area contributed by atoms with Crippen LogP contribution in [0, 0.1) is 17.8 Å². The first-order chi connectivity index (χ1) is 10.1. The molecule has 2 saturated carbocycles. The molecule has 112 valence electrons. The molecule has 0 saturated heterocycles. The third-order valence-electron chi connectivity index (χ3n) is 4.70. The molecule has 1 aromatic carbocycles. The van der Waals surface area contributed by atoms with Crippen molar-refractivity contribution in [1.29, 1.82) is 0 Å². The molecule has 3 rings (SSSR count). The molecule has 3 atom stereocenters. The maximum Gasteiger partial charge on any atom is 0.306 e. The number of hydrogen-bond donors (Lipinski definition) is 2. The molecule has 4 heteroatoms. The number of carboxylic acid groups (broad SMARTS) is 1. The van der Waals surface area contributed by atoms with Crippen LogP contribution in [0.1, 0.15) is 43.7 Å². The predicted molar refractivity (Wildman–Crippen MR) is 78.5 cm³/mol. The van der Waals surface area contributed by atoms with E-state index in [9.17, 15) is 9.59 Å². The van der Waals surface area contributed by atoms with E-state index in [1.807, 2.05) is 18.2 Å². The van der Waals surface area contributed by atoms with Crippen molar-refractivity contribution in [2.24, 2.45) is 17.8 Å². The van der Waals surface area contributed by atoms with E-state index < -0.39 is 5.97 Å². The van der Waals surface area contributed by atoms with Crippen LogP contribution < -0.4 is 5.32 Å². The lowest BCUT2D eigenvalue weighted by molar-refractivity contribution is -0.141. The molecule has 0 radical (unpaired) electrons. The molecule has 2 aliphatic rings. The van der Waals surface area contributed by atoms with Crippen molar-refractivity contribution in [1.82, 2.24) is 5.32 Å². The number of benzene rings is 1. The van der Waals surface area contributed by atoms with Gasteiger partial charge in [-0.25, -0.2) is 0 Å². The molecule has 2 fully saturated rings. The van der Waals surface area contributed by atoms with Gasteiger partial charge in [0, 0.05) is 5.92 Å². The van der Waals surface area contributed by atoms with Gasteiger partial charge in [0.15, 0.2) is 0 Å². The Bertz CT molecular complexity index is 524. The van der Waals surface area contributed by atoms with Gasteiger partial charge in [-0.15, -0.1) is 0 Å². The number of carbonyl (C=O) groups is 2. The second-order valence-electron chi connectivity index (χ2n) is 6.28. The summed E-state index contributed by atoms with van der Waals surface area (Å²) in [6.07, 6.45) is 4.10. The van der Waals surface area contributed by atoms with Gasteiger partial charge in [0.25, 0.3) is 0 Å². The molecular formula is C17H21NO3. The minimum atomic E-state index is -0.771. The van der Waals surface area contributed by atoms with Crippen molar-refractivity contribution in [2.45, 2.75) is 38.1 Å². The van der Waals surface area contributed by atoms with E-state index in [1.54, 1.807) is 0 Å². The summed E-state index contributed by atoms with van der Waals surface area (Å²) in [5.74, 6) is -0.701. The van der Waals surface area contributed by atoms with Crippen LogP contribution in [0.3, 0.4) is 0 Å².